The van der Waals surface area contributed by atoms with E-state index in [1.807, 2.05) is 30.5 Å². The Hall–Kier alpha value is -0.450. The van der Waals surface area contributed by atoms with Crippen molar-refractivity contribution in [3.8, 4) is 0 Å². The molecule has 0 spiro atoms. The summed E-state index contributed by atoms with van der Waals surface area (Å²) in [6.07, 6.45) is 0. The maximum absolute atomic E-state index is 11.9. The second kappa shape index (κ2) is 3.96. The first kappa shape index (κ1) is 10.1. The van der Waals surface area contributed by atoms with Crippen molar-refractivity contribution in [1.29, 1.82) is 0 Å². The SMILES string of the molecule is Cc1ccc(C(=O)c2sccc2Br)s1. The molecule has 0 saturated carbocycles. The van der Waals surface area contributed by atoms with Crippen LogP contribution in [0.5, 0.6) is 0 Å². The normalized spacial score (nSPS) is 10.4. The molecule has 2 heterocycles. The van der Waals surface area contributed by atoms with Crippen molar-refractivity contribution in [2.75, 3.05) is 0 Å². The molecule has 0 radical (unpaired) electrons. The van der Waals surface area contributed by atoms with Crippen LogP contribution >= 0.6 is 38.6 Å². The quantitative estimate of drug-likeness (QED) is 0.760. The van der Waals surface area contributed by atoms with Gasteiger partial charge < -0.3 is 0 Å². The highest BCUT2D eigenvalue weighted by Crippen LogP contribution is 2.27. The third-order valence-electron chi connectivity index (χ3n) is 1.79. The van der Waals surface area contributed by atoms with Crippen LogP contribution in [-0.4, -0.2) is 5.78 Å². The lowest BCUT2D eigenvalue weighted by atomic mass is 10.3. The molecule has 0 aromatic carbocycles. The third-order valence-corrected chi connectivity index (χ3v) is 4.62. The average molecular weight is 287 g/mol. The zero-order valence-corrected chi connectivity index (χ0v) is 10.6. The maximum Gasteiger partial charge on any atom is 0.214 e. The van der Waals surface area contributed by atoms with Crippen molar-refractivity contribution >= 4 is 44.4 Å². The Labute approximate surface area is 98.5 Å². The summed E-state index contributed by atoms with van der Waals surface area (Å²) in [5.41, 5.74) is 0. The van der Waals surface area contributed by atoms with E-state index in [2.05, 4.69) is 15.9 Å². The van der Waals surface area contributed by atoms with Gasteiger partial charge in [0.1, 0.15) is 0 Å². The van der Waals surface area contributed by atoms with Gasteiger partial charge in [-0.1, -0.05) is 0 Å². The van der Waals surface area contributed by atoms with Crippen LogP contribution in [0.4, 0.5) is 0 Å². The van der Waals surface area contributed by atoms with Gasteiger partial charge in [0.05, 0.1) is 9.75 Å². The topological polar surface area (TPSA) is 17.1 Å². The number of carbonyl (C=O) groups excluding carboxylic acids is 1. The van der Waals surface area contributed by atoms with Gasteiger partial charge >= 0.3 is 0 Å². The Morgan fingerprint density at radius 2 is 2.14 bits per heavy atom. The van der Waals surface area contributed by atoms with Gasteiger partial charge in [-0.2, -0.15) is 0 Å². The molecule has 0 aliphatic carbocycles. The molecular weight excluding hydrogens is 280 g/mol. The monoisotopic (exact) mass is 286 g/mol. The Morgan fingerprint density at radius 1 is 1.36 bits per heavy atom. The summed E-state index contributed by atoms with van der Waals surface area (Å²) in [7, 11) is 0. The molecule has 0 saturated heterocycles. The predicted octanol–water partition coefficient (Wildman–Crippen LogP) is 4.11. The predicted molar refractivity (Wildman–Crippen MR) is 64.5 cm³/mol. The van der Waals surface area contributed by atoms with Crippen LogP contribution in [-0.2, 0) is 0 Å². The summed E-state index contributed by atoms with van der Waals surface area (Å²) in [6, 6.07) is 5.76. The number of hydrogen-bond donors (Lipinski definition) is 0. The molecule has 2 aromatic rings. The molecule has 0 aliphatic heterocycles. The van der Waals surface area contributed by atoms with Crippen LogP contribution in [0.1, 0.15) is 19.4 Å². The van der Waals surface area contributed by atoms with E-state index in [9.17, 15) is 4.79 Å². The number of rotatable bonds is 2. The fraction of sp³-hybridized carbons (Fsp3) is 0.100. The molecule has 14 heavy (non-hydrogen) atoms. The smallest absolute Gasteiger partial charge is 0.214 e. The van der Waals surface area contributed by atoms with Crippen molar-refractivity contribution in [2.24, 2.45) is 0 Å². The minimum atomic E-state index is 0.116. The van der Waals surface area contributed by atoms with E-state index in [0.29, 0.717) is 0 Å². The van der Waals surface area contributed by atoms with E-state index in [4.69, 9.17) is 0 Å². The standard InChI is InChI=1S/C10H7BrOS2/c1-6-2-3-8(14-6)9(12)10-7(11)4-5-13-10/h2-5H,1H3. The van der Waals surface area contributed by atoms with Crippen LogP contribution in [0.3, 0.4) is 0 Å². The highest BCUT2D eigenvalue weighted by Gasteiger charge is 2.15. The summed E-state index contributed by atoms with van der Waals surface area (Å²) in [4.78, 5) is 14.7. The molecule has 0 amide bonds. The van der Waals surface area contributed by atoms with Gasteiger partial charge in [0.15, 0.2) is 0 Å². The van der Waals surface area contributed by atoms with Gasteiger partial charge in [-0.25, -0.2) is 0 Å². The Balaban J connectivity index is 2.38. The van der Waals surface area contributed by atoms with Crippen molar-refractivity contribution < 1.29 is 4.79 Å². The number of aryl methyl sites for hydroxylation is 1. The van der Waals surface area contributed by atoms with Gasteiger partial charge in [0.2, 0.25) is 5.78 Å². The highest BCUT2D eigenvalue weighted by molar-refractivity contribution is 9.10. The van der Waals surface area contributed by atoms with Crippen molar-refractivity contribution in [2.45, 2.75) is 6.92 Å². The number of hydrogen-bond acceptors (Lipinski definition) is 3. The summed E-state index contributed by atoms with van der Waals surface area (Å²) >= 11 is 6.38. The first-order valence-corrected chi connectivity index (χ1v) is 6.51. The second-order valence-electron chi connectivity index (χ2n) is 2.84. The van der Waals surface area contributed by atoms with E-state index < -0.39 is 0 Å². The lowest BCUT2D eigenvalue weighted by molar-refractivity contribution is 0.104. The highest BCUT2D eigenvalue weighted by atomic mass is 79.9. The molecule has 0 aliphatic rings. The van der Waals surface area contributed by atoms with E-state index in [1.165, 1.54) is 27.6 Å². The summed E-state index contributed by atoms with van der Waals surface area (Å²) < 4.78 is 0.888. The zero-order chi connectivity index (χ0) is 10.1. The van der Waals surface area contributed by atoms with E-state index >= 15 is 0 Å². The molecule has 0 atom stereocenters. The molecule has 2 rings (SSSR count). The van der Waals surface area contributed by atoms with E-state index in [1.54, 1.807) is 0 Å². The van der Waals surface area contributed by atoms with Crippen LogP contribution in [0, 0.1) is 6.92 Å². The van der Waals surface area contributed by atoms with Gasteiger partial charge in [0.25, 0.3) is 0 Å². The minimum absolute atomic E-state index is 0.116. The largest absolute Gasteiger partial charge is 0.287 e. The first-order chi connectivity index (χ1) is 6.68. The van der Waals surface area contributed by atoms with Gasteiger partial charge in [0, 0.05) is 9.35 Å². The van der Waals surface area contributed by atoms with Crippen LogP contribution in [0.25, 0.3) is 0 Å². The molecule has 0 unspecified atom stereocenters. The van der Waals surface area contributed by atoms with Crippen molar-refractivity contribution in [3.05, 3.63) is 42.7 Å². The number of halogens is 1. The maximum atomic E-state index is 11.9. The van der Waals surface area contributed by atoms with Crippen LogP contribution < -0.4 is 0 Å². The molecule has 72 valence electrons. The summed E-state index contributed by atoms with van der Waals surface area (Å²) in [6.45, 7) is 2.00. The average Bonchev–Trinajstić information content (AvgIpc) is 2.73. The van der Waals surface area contributed by atoms with E-state index in [-0.39, 0.29) is 5.78 Å². The van der Waals surface area contributed by atoms with Gasteiger partial charge in [-0.05, 0) is 46.4 Å². The van der Waals surface area contributed by atoms with Crippen molar-refractivity contribution in [1.82, 2.24) is 0 Å². The summed E-state index contributed by atoms with van der Waals surface area (Å²) in [5, 5.41) is 1.91. The molecule has 0 fully saturated rings. The zero-order valence-electron chi connectivity index (χ0n) is 7.41. The molecule has 0 N–H and O–H groups in total. The molecule has 1 nitrogen and oxygen atoms in total. The van der Waals surface area contributed by atoms with Gasteiger partial charge in [-0.15, -0.1) is 22.7 Å². The molecular formula is C10H7BrOS2. The number of carbonyl (C=O) groups is 1. The fourth-order valence-corrected chi connectivity index (χ4v) is 3.51. The third kappa shape index (κ3) is 1.82. The molecule has 2 aromatic heterocycles. The Bertz CT molecular complexity index is 470. The first-order valence-electron chi connectivity index (χ1n) is 4.02. The van der Waals surface area contributed by atoms with Crippen molar-refractivity contribution in [3.63, 3.8) is 0 Å². The number of ketones is 1. The van der Waals surface area contributed by atoms with Gasteiger partial charge in [-0.3, -0.25) is 4.79 Å². The molecule has 0 bridgehead atoms. The Kier molecular flexibility index (Phi) is 2.85. The van der Waals surface area contributed by atoms with Crippen LogP contribution in [0.15, 0.2) is 28.1 Å². The Morgan fingerprint density at radius 3 is 2.64 bits per heavy atom. The minimum Gasteiger partial charge on any atom is -0.287 e. The van der Waals surface area contributed by atoms with E-state index in [0.717, 1.165) is 14.2 Å². The molecule has 4 heteroatoms. The lowest BCUT2D eigenvalue weighted by Crippen LogP contribution is -1.95. The summed E-state index contributed by atoms with van der Waals surface area (Å²) in [5.74, 6) is 0.116. The second-order valence-corrected chi connectivity index (χ2v) is 5.90. The fourth-order valence-electron chi connectivity index (χ4n) is 1.12. The van der Waals surface area contributed by atoms with Crippen LogP contribution in [0.2, 0.25) is 0 Å². The number of thiophene rings is 2. The lowest BCUT2D eigenvalue weighted by Gasteiger charge is -1.93.